The van der Waals surface area contributed by atoms with Gasteiger partial charge in [0.25, 0.3) is 5.91 Å². The van der Waals surface area contributed by atoms with Gasteiger partial charge in [0.2, 0.25) is 17.6 Å². The molecule has 2 N–H and O–H groups in total. The fourth-order valence-electron chi connectivity index (χ4n) is 5.51. The van der Waals surface area contributed by atoms with Gasteiger partial charge in [-0.25, -0.2) is 18.7 Å². The molecule has 210 valence electrons. The van der Waals surface area contributed by atoms with Crippen LogP contribution < -0.4 is 10.6 Å². The highest BCUT2D eigenvalue weighted by atomic mass is 19.3. The fraction of sp³-hybridized carbons (Fsp3) is 0.607. The molecule has 0 bridgehead atoms. The fourth-order valence-corrected chi connectivity index (χ4v) is 5.51. The largest absolute Gasteiger partial charge is 0.347 e. The highest BCUT2D eigenvalue weighted by Crippen LogP contribution is 2.42. The summed E-state index contributed by atoms with van der Waals surface area (Å²) in [6, 6.07) is 2.81. The first-order valence-electron chi connectivity index (χ1n) is 14.0. The van der Waals surface area contributed by atoms with E-state index in [1.165, 1.54) is 0 Å². The second-order valence-corrected chi connectivity index (χ2v) is 11.3. The number of carbonyl (C=O) groups is 2. The van der Waals surface area contributed by atoms with Crippen LogP contribution in [0.5, 0.6) is 0 Å². The van der Waals surface area contributed by atoms with E-state index >= 15 is 0 Å². The molecule has 2 aliphatic carbocycles. The number of nitrogens with one attached hydrogen (secondary N) is 2. The first kappa shape index (κ1) is 27.2. The zero-order valence-corrected chi connectivity index (χ0v) is 22.7. The van der Waals surface area contributed by atoms with Crippen molar-refractivity contribution in [2.24, 2.45) is 11.8 Å². The third-order valence-corrected chi connectivity index (χ3v) is 7.80. The normalized spacial score (nSPS) is 19.2. The van der Waals surface area contributed by atoms with Crippen LogP contribution in [0.4, 0.5) is 8.78 Å². The molecule has 11 heteroatoms. The van der Waals surface area contributed by atoms with Crippen LogP contribution in [0.25, 0.3) is 5.78 Å². The third-order valence-electron chi connectivity index (χ3n) is 7.80. The summed E-state index contributed by atoms with van der Waals surface area (Å²) >= 11 is 0. The van der Waals surface area contributed by atoms with Gasteiger partial charge in [-0.05, 0) is 69.9 Å². The molecule has 0 aromatic carbocycles. The molecule has 2 saturated carbocycles. The number of hydrogen-bond donors (Lipinski definition) is 2. The molecule has 9 nitrogen and oxygen atoms in total. The minimum atomic E-state index is -2.68. The Labute approximate surface area is 226 Å². The zero-order chi connectivity index (χ0) is 27.7. The molecule has 3 aromatic rings. The number of fused-ring (bicyclic) bond motifs is 1. The van der Waals surface area contributed by atoms with Crippen molar-refractivity contribution in [3.8, 4) is 0 Å². The number of hydrogen-bond acceptors (Lipinski definition) is 5. The van der Waals surface area contributed by atoms with Gasteiger partial charge in [-0.2, -0.15) is 5.10 Å². The van der Waals surface area contributed by atoms with E-state index in [4.69, 9.17) is 9.97 Å². The second kappa shape index (κ2) is 11.0. The van der Waals surface area contributed by atoms with Crippen LogP contribution in [0.3, 0.4) is 0 Å². The molecule has 0 saturated heterocycles. The number of aromatic nitrogens is 5. The Morgan fingerprint density at radius 3 is 2.36 bits per heavy atom. The Hall–Kier alpha value is -3.37. The number of nitrogens with zero attached hydrogens (tertiary/aromatic N) is 5. The van der Waals surface area contributed by atoms with Crippen molar-refractivity contribution in [2.75, 3.05) is 0 Å². The van der Waals surface area contributed by atoms with Crippen molar-refractivity contribution in [2.45, 2.75) is 96.2 Å². The summed E-state index contributed by atoms with van der Waals surface area (Å²) in [6.45, 7) is 5.85. The number of amides is 2. The molecular formula is C28H37F2N7O2. The SMILES string of the molecule is CCCC(=O)N[C@@H](c1ccn2cc([C@@H](NC(=O)c3ccnn3C(C)C)C3CCC(F)(F)CC3)nc2n1)C1CC1. The molecule has 0 unspecified atom stereocenters. The van der Waals surface area contributed by atoms with Crippen molar-refractivity contribution in [3.05, 3.63) is 47.8 Å². The van der Waals surface area contributed by atoms with Crippen molar-refractivity contribution in [1.82, 2.24) is 34.8 Å². The van der Waals surface area contributed by atoms with Crippen LogP contribution in [0, 0.1) is 11.8 Å². The Bertz CT molecular complexity index is 1320. The number of imidazole rings is 1. The van der Waals surface area contributed by atoms with E-state index in [9.17, 15) is 18.4 Å². The summed E-state index contributed by atoms with van der Waals surface area (Å²) in [6.07, 6.45) is 8.69. The average Bonchev–Trinajstić information content (AvgIpc) is 3.44. The second-order valence-electron chi connectivity index (χ2n) is 11.3. The topological polar surface area (TPSA) is 106 Å². The molecule has 3 aromatic heterocycles. The molecule has 2 amide bonds. The van der Waals surface area contributed by atoms with Crippen LogP contribution in [0.1, 0.15) is 112 Å². The highest BCUT2D eigenvalue weighted by Gasteiger charge is 2.40. The summed E-state index contributed by atoms with van der Waals surface area (Å²) < 4.78 is 31.4. The molecule has 3 heterocycles. The van der Waals surface area contributed by atoms with E-state index in [1.54, 1.807) is 21.3 Å². The Kier molecular flexibility index (Phi) is 7.68. The quantitative estimate of drug-likeness (QED) is 0.368. The molecule has 39 heavy (non-hydrogen) atoms. The average molecular weight is 542 g/mol. The summed E-state index contributed by atoms with van der Waals surface area (Å²) in [5.74, 6) is -2.38. The lowest BCUT2D eigenvalue weighted by Crippen LogP contribution is -2.38. The molecule has 0 aliphatic heterocycles. The van der Waals surface area contributed by atoms with Gasteiger partial charge in [0, 0.05) is 43.9 Å². The summed E-state index contributed by atoms with van der Waals surface area (Å²) in [5, 5.41) is 10.5. The Morgan fingerprint density at radius 1 is 1.03 bits per heavy atom. The monoisotopic (exact) mass is 541 g/mol. The van der Waals surface area contributed by atoms with Crippen LogP contribution in [-0.4, -0.2) is 41.9 Å². The van der Waals surface area contributed by atoms with Gasteiger partial charge in [-0.1, -0.05) is 6.92 Å². The molecule has 2 fully saturated rings. The lowest BCUT2D eigenvalue weighted by atomic mass is 9.81. The van der Waals surface area contributed by atoms with Gasteiger partial charge < -0.3 is 10.6 Å². The van der Waals surface area contributed by atoms with Gasteiger partial charge >= 0.3 is 0 Å². The summed E-state index contributed by atoms with van der Waals surface area (Å²) in [5.41, 5.74) is 1.75. The first-order chi connectivity index (χ1) is 18.6. The zero-order valence-electron chi connectivity index (χ0n) is 22.7. The molecule has 5 rings (SSSR count). The van der Waals surface area contributed by atoms with Crippen molar-refractivity contribution < 1.29 is 18.4 Å². The Morgan fingerprint density at radius 2 is 1.69 bits per heavy atom. The summed E-state index contributed by atoms with van der Waals surface area (Å²) in [7, 11) is 0. The number of alkyl halides is 2. The first-order valence-corrected chi connectivity index (χ1v) is 14.0. The minimum absolute atomic E-state index is 0.0115. The van der Waals surface area contributed by atoms with Gasteiger partial charge in [0.05, 0.1) is 23.5 Å². The van der Waals surface area contributed by atoms with Crippen molar-refractivity contribution in [3.63, 3.8) is 0 Å². The van der Waals surface area contributed by atoms with Crippen LogP contribution in [0.2, 0.25) is 0 Å². The predicted molar refractivity (Wildman–Crippen MR) is 141 cm³/mol. The lowest BCUT2D eigenvalue weighted by Gasteiger charge is -2.33. The maximum Gasteiger partial charge on any atom is 0.270 e. The molecule has 0 spiro atoms. The maximum atomic E-state index is 14.0. The van der Waals surface area contributed by atoms with E-state index in [0.717, 1.165) is 25.0 Å². The highest BCUT2D eigenvalue weighted by molar-refractivity contribution is 5.92. The number of rotatable bonds is 10. The van der Waals surface area contributed by atoms with E-state index in [-0.39, 0.29) is 55.5 Å². The van der Waals surface area contributed by atoms with E-state index < -0.39 is 12.0 Å². The van der Waals surface area contributed by atoms with E-state index in [1.807, 2.05) is 39.2 Å². The van der Waals surface area contributed by atoms with Gasteiger partial charge in [-0.3, -0.25) is 18.7 Å². The third kappa shape index (κ3) is 6.12. The molecule has 2 aliphatic rings. The van der Waals surface area contributed by atoms with Gasteiger partial charge in [0.1, 0.15) is 5.69 Å². The lowest BCUT2D eigenvalue weighted by molar-refractivity contribution is -0.122. The van der Waals surface area contributed by atoms with E-state index in [0.29, 0.717) is 29.5 Å². The standard InChI is InChI=1S/C28H37F2N7O2/c1-4-5-23(38)34-24(18-6-7-18)20-11-15-36-16-21(33-27(36)32-20)25(19-8-12-28(29,30)13-9-19)35-26(39)22-10-14-31-37(22)17(2)3/h10-11,14-19,24-25H,4-9,12-13H2,1-3H3,(H,34,38)(H,35,39)/t24-,25+/m1/s1. The van der Waals surface area contributed by atoms with Crippen molar-refractivity contribution >= 4 is 17.6 Å². The number of carbonyl (C=O) groups excluding carboxylic acids is 2. The van der Waals surface area contributed by atoms with Crippen molar-refractivity contribution in [1.29, 1.82) is 0 Å². The van der Waals surface area contributed by atoms with E-state index in [2.05, 4.69) is 15.7 Å². The van der Waals surface area contributed by atoms with Gasteiger partial charge in [-0.15, -0.1) is 0 Å². The van der Waals surface area contributed by atoms with Crippen LogP contribution in [0.15, 0.2) is 30.7 Å². The number of halogens is 2. The van der Waals surface area contributed by atoms with Gasteiger partial charge in [0.15, 0.2) is 0 Å². The molecular weight excluding hydrogens is 504 g/mol. The predicted octanol–water partition coefficient (Wildman–Crippen LogP) is 5.17. The minimum Gasteiger partial charge on any atom is -0.347 e. The molecule has 2 atom stereocenters. The maximum absolute atomic E-state index is 14.0. The Balaban J connectivity index is 1.44. The van der Waals surface area contributed by atoms with Crippen LogP contribution in [-0.2, 0) is 4.79 Å². The molecule has 0 radical (unpaired) electrons. The smallest absolute Gasteiger partial charge is 0.270 e. The summed E-state index contributed by atoms with van der Waals surface area (Å²) in [4.78, 5) is 35.3. The van der Waals surface area contributed by atoms with Crippen LogP contribution >= 0.6 is 0 Å².